The molecular formula is C11H9IN2O2S. The van der Waals surface area contributed by atoms with Crippen molar-refractivity contribution in [3.63, 3.8) is 0 Å². The lowest BCUT2D eigenvalue weighted by Crippen LogP contribution is -1.99. The third-order valence-electron chi connectivity index (χ3n) is 2.08. The molecule has 2 rings (SSSR count). The summed E-state index contributed by atoms with van der Waals surface area (Å²) in [7, 11) is 0. The van der Waals surface area contributed by atoms with Crippen molar-refractivity contribution in [2.75, 3.05) is 5.32 Å². The molecule has 0 spiro atoms. The van der Waals surface area contributed by atoms with Crippen molar-refractivity contribution in [3.05, 3.63) is 38.4 Å². The summed E-state index contributed by atoms with van der Waals surface area (Å²) in [5.74, 6) is -0.991. The van der Waals surface area contributed by atoms with Gasteiger partial charge in [0.2, 0.25) is 0 Å². The normalized spacial score (nSPS) is 10.2. The summed E-state index contributed by atoms with van der Waals surface area (Å²) in [4.78, 5) is 15.6. The van der Waals surface area contributed by atoms with Crippen LogP contribution in [0.15, 0.2) is 24.3 Å². The zero-order valence-corrected chi connectivity index (χ0v) is 11.9. The fourth-order valence-electron chi connectivity index (χ4n) is 1.34. The fourth-order valence-corrected chi connectivity index (χ4v) is 2.71. The second kappa shape index (κ2) is 5.01. The van der Waals surface area contributed by atoms with Gasteiger partial charge < -0.3 is 10.4 Å². The minimum atomic E-state index is -0.991. The van der Waals surface area contributed by atoms with Crippen molar-refractivity contribution < 1.29 is 9.90 Å². The number of anilines is 2. The van der Waals surface area contributed by atoms with Gasteiger partial charge in [-0.1, -0.05) is 6.07 Å². The lowest BCUT2D eigenvalue weighted by atomic mass is 10.3. The van der Waals surface area contributed by atoms with Gasteiger partial charge in [-0.3, -0.25) is 0 Å². The average Bonchev–Trinajstić information content (AvgIpc) is 2.59. The summed E-state index contributed by atoms with van der Waals surface area (Å²) in [5.41, 5.74) is 1.02. The van der Waals surface area contributed by atoms with E-state index < -0.39 is 5.97 Å². The van der Waals surface area contributed by atoms with Gasteiger partial charge in [-0.15, -0.1) is 11.3 Å². The number of nitrogens with one attached hydrogen (secondary N) is 1. The Balaban J connectivity index is 2.25. The number of carbonyl (C=O) groups is 1. The van der Waals surface area contributed by atoms with Crippen molar-refractivity contribution in [3.8, 4) is 0 Å². The Hall–Kier alpha value is -1.15. The Morgan fingerprint density at radius 2 is 2.29 bits per heavy atom. The molecule has 1 aromatic heterocycles. The minimum Gasteiger partial charge on any atom is -0.476 e. The molecular weight excluding hydrogens is 351 g/mol. The van der Waals surface area contributed by atoms with Crippen molar-refractivity contribution in [1.82, 2.24) is 4.98 Å². The van der Waals surface area contributed by atoms with Gasteiger partial charge in [-0.25, -0.2) is 9.78 Å². The van der Waals surface area contributed by atoms with E-state index >= 15 is 0 Å². The number of halogens is 1. The Labute approximate surface area is 116 Å². The summed E-state index contributed by atoms with van der Waals surface area (Å²) < 4.78 is 1.11. The first-order valence-corrected chi connectivity index (χ1v) is 6.69. The predicted octanol–water partition coefficient (Wildman–Crippen LogP) is 3.50. The van der Waals surface area contributed by atoms with Gasteiger partial charge in [-0.2, -0.15) is 0 Å². The van der Waals surface area contributed by atoms with Crippen LogP contribution in [0.5, 0.6) is 0 Å². The number of aromatic nitrogens is 1. The van der Waals surface area contributed by atoms with Crippen molar-refractivity contribution in [2.24, 2.45) is 0 Å². The fraction of sp³-hybridized carbons (Fsp3) is 0.0909. The maximum Gasteiger partial charge on any atom is 0.355 e. The van der Waals surface area contributed by atoms with E-state index in [2.05, 4.69) is 32.9 Å². The van der Waals surface area contributed by atoms with E-state index in [-0.39, 0.29) is 5.69 Å². The van der Waals surface area contributed by atoms with E-state index in [1.807, 2.05) is 24.3 Å². The molecule has 0 radical (unpaired) electrons. The molecule has 0 fully saturated rings. The highest BCUT2D eigenvalue weighted by atomic mass is 127. The van der Waals surface area contributed by atoms with Gasteiger partial charge in [0.25, 0.3) is 0 Å². The van der Waals surface area contributed by atoms with Gasteiger partial charge >= 0.3 is 5.97 Å². The van der Waals surface area contributed by atoms with Crippen LogP contribution in [0.4, 0.5) is 10.8 Å². The first-order chi connectivity index (χ1) is 8.06. The SMILES string of the molecule is Cc1sc(Nc2cccc(I)c2)nc1C(=O)O. The molecule has 2 N–H and O–H groups in total. The monoisotopic (exact) mass is 360 g/mol. The van der Waals surface area contributed by atoms with Crippen molar-refractivity contribution in [1.29, 1.82) is 0 Å². The van der Waals surface area contributed by atoms with Crippen LogP contribution in [0.3, 0.4) is 0 Å². The third kappa shape index (κ3) is 2.95. The van der Waals surface area contributed by atoms with Crippen LogP contribution in [0.1, 0.15) is 15.4 Å². The highest BCUT2D eigenvalue weighted by Crippen LogP contribution is 2.25. The topological polar surface area (TPSA) is 62.2 Å². The number of nitrogens with zero attached hydrogens (tertiary/aromatic N) is 1. The van der Waals surface area contributed by atoms with Crippen LogP contribution < -0.4 is 5.32 Å². The number of hydrogen-bond acceptors (Lipinski definition) is 4. The van der Waals surface area contributed by atoms with E-state index in [0.29, 0.717) is 10.0 Å². The molecule has 2 aromatic rings. The summed E-state index contributed by atoms with van der Waals surface area (Å²) >= 11 is 3.56. The molecule has 0 aliphatic carbocycles. The number of carboxylic acids is 1. The Morgan fingerprint density at radius 3 is 2.88 bits per heavy atom. The average molecular weight is 360 g/mol. The van der Waals surface area contributed by atoms with Gasteiger partial charge in [-0.05, 0) is 47.7 Å². The largest absolute Gasteiger partial charge is 0.476 e. The summed E-state index contributed by atoms with van der Waals surface area (Å²) in [6, 6.07) is 7.81. The number of hydrogen-bond donors (Lipinski definition) is 2. The van der Waals surface area contributed by atoms with Crippen LogP contribution in [0.2, 0.25) is 0 Å². The Bertz CT molecular complexity index is 568. The Kier molecular flexibility index (Phi) is 3.63. The van der Waals surface area contributed by atoms with Crippen LogP contribution in [-0.2, 0) is 0 Å². The molecule has 0 saturated carbocycles. The lowest BCUT2D eigenvalue weighted by molar-refractivity contribution is 0.0690. The smallest absolute Gasteiger partial charge is 0.355 e. The number of aromatic carboxylic acids is 1. The zero-order valence-electron chi connectivity index (χ0n) is 8.90. The number of aryl methyl sites for hydroxylation is 1. The maximum atomic E-state index is 10.9. The van der Waals surface area contributed by atoms with Gasteiger partial charge in [0.15, 0.2) is 10.8 Å². The summed E-state index contributed by atoms with van der Waals surface area (Å²) in [5, 5.41) is 12.6. The minimum absolute atomic E-state index is 0.114. The molecule has 1 aromatic carbocycles. The first-order valence-electron chi connectivity index (χ1n) is 4.79. The molecule has 0 atom stereocenters. The highest BCUT2D eigenvalue weighted by molar-refractivity contribution is 14.1. The second-order valence-corrected chi connectivity index (χ2v) is 5.81. The van der Waals surface area contributed by atoms with Crippen LogP contribution >= 0.6 is 33.9 Å². The molecule has 0 amide bonds. The second-order valence-electron chi connectivity index (χ2n) is 3.36. The van der Waals surface area contributed by atoms with Gasteiger partial charge in [0, 0.05) is 14.1 Å². The number of thiazole rings is 1. The summed E-state index contributed by atoms with van der Waals surface area (Å²) in [6.45, 7) is 1.75. The highest BCUT2D eigenvalue weighted by Gasteiger charge is 2.13. The standard InChI is InChI=1S/C11H9IN2O2S/c1-6-9(10(15)16)14-11(17-6)13-8-4-2-3-7(12)5-8/h2-5H,1H3,(H,13,14)(H,15,16). The summed E-state index contributed by atoms with van der Waals surface area (Å²) in [6.07, 6.45) is 0. The lowest BCUT2D eigenvalue weighted by Gasteiger charge is -2.01. The van der Waals surface area contributed by atoms with Crippen LogP contribution in [0, 0.1) is 10.5 Å². The zero-order chi connectivity index (χ0) is 12.4. The molecule has 0 unspecified atom stereocenters. The molecule has 88 valence electrons. The Morgan fingerprint density at radius 1 is 1.53 bits per heavy atom. The third-order valence-corrected chi connectivity index (χ3v) is 3.63. The van der Waals surface area contributed by atoms with E-state index in [0.717, 1.165) is 9.26 Å². The predicted molar refractivity (Wildman–Crippen MR) is 76.3 cm³/mol. The van der Waals surface area contributed by atoms with E-state index in [1.54, 1.807) is 6.92 Å². The molecule has 0 aliphatic heterocycles. The molecule has 6 heteroatoms. The molecule has 0 saturated heterocycles. The van der Waals surface area contributed by atoms with Crippen molar-refractivity contribution >= 4 is 50.7 Å². The van der Waals surface area contributed by atoms with Gasteiger partial charge in [0.1, 0.15) is 0 Å². The van der Waals surface area contributed by atoms with Crippen LogP contribution in [-0.4, -0.2) is 16.1 Å². The van der Waals surface area contributed by atoms with Gasteiger partial charge in [0.05, 0.1) is 0 Å². The first kappa shape index (κ1) is 12.3. The number of benzene rings is 1. The van der Waals surface area contributed by atoms with E-state index in [9.17, 15) is 4.79 Å². The molecule has 17 heavy (non-hydrogen) atoms. The van der Waals surface area contributed by atoms with Crippen molar-refractivity contribution in [2.45, 2.75) is 6.92 Å². The molecule has 4 nitrogen and oxygen atoms in total. The molecule has 0 aliphatic rings. The quantitative estimate of drug-likeness (QED) is 0.823. The number of rotatable bonds is 3. The molecule has 0 bridgehead atoms. The van der Waals surface area contributed by atoms with Crippen LogP contribution in [0.25, 0.3) is 0 Å². The number of carboxylic acid groups (broad SMARTS) is 1. The molecule has 1 heterocycles. The van der Waals surface area contributed by atoms with E-state index in [1.165, 1.54) is 11.3 Å². The maximum absolute atomic E-state index is 10.9. The van der Waals surface area contributed by atoms with E-state index in [4.69, 9.17) is 5.11 Å².